The third kappa shape index (κ3) is 5.53. The van der Waals surface area contributed by atoms with Crippen LogP contribution in [0, 0.1) is 12.8 Å². The highest BCUT2D eigenvalue weighted by atomic mass is 35.5. The SMILES string of the molecule is Cc1c(CN2CCSCC2)cccc1NC(=O)C1CCNC1.Cl.Cl. The molecule has 1 amide bonds. The van der Waals surface area contributed by atoms with Gasteiger partial charge in [0.15, 0.2) is 0 Å². The number of rotatable bonds is 4. The molecule has 0 radical (unpaired) electrons. The van der Waals surface area contributed by atoms with E-state index in [1.807, 2.05) is 17.8 Å². The van der Waals surface area contributed by atoms with Gasteiger partial charge in [0.2, 0.25) is 5.91 Å². The first kappa shape index (κ1) is 21.6. The van der Waals surface area contributed by atoms with E-state index in [-0.39, 0.29) is 36.6 Å². The van der Waals surface area contributed by atoms with Gasteiger partial charge in [-0.25, -0.2) is 0 Å². The van der Waals surface area contributed by atoms with Crippen LogP contribution in [0.1, 0.15) is 17.5 Å². The van der Waals surface area contributed by atoms with E-state index in [1.165, 1.54) is 22.6 Å². The number of hydrogen-bond acceptors (Lipinski definition) is 4. The Bertz CT molecular complexity index is 533. The van der Waals surface area contributed by atoms with Gasteiger partial charge < -0.3 is 10.6 Å². The Labute approximate surface area is 161 Å². The summed E-state index contributed by atoms with van der Waals surface area (Å²) < 4.78 is 0. The van der Waals surface area contributed by atoms with Gasteiger partial charge in [-0.3, -0.25) is 9.69 Å². The van der Waals surface area contributed by atoms with Gasteiger partial charge in [-0.05, 0) is 37.1 Å². The summed E-state index contributed by atoms with van der Waals surface area (Å²) in [4.78, 5) is 14.8. The van der Waals surface area contributed by atoms with Crippen LogP contribution in [0.15, 0.2) is 18.2 Å². The standard InChI is InChI=1S/C17H25N3OS.2ClH/c1-13-15(12-20-7-9-22-10-8-20)3-2-4-16(13)19-17(21)14-5-6-18-11-14;;/h2-4,14,18H,5-12H2,1H3,(H,19,21);2*1H. The Kier molecular flexibility index (Phi) is 9.45. The molecule has 0 aromatic heterocycles. The van der Waals surface area contributed by atoms with Crippen LogP contribution in [0.5, 0.6) is 0 Å². The topological polar surface area (TPSA) is 44.4 Å². The lowest BCUT2D eigenvalue weighted by Crippen LogP contribution is -2.32. The first-order chi connectivity index (χ1) is 10.7. The van der Waals surface area contributed by atoms with Crippen LogP contribution < -0.4 is 10.6 Å². The normalized spacial score (nSPS) is 20.8. The number of benzene rings is 1. The van der Waals surface area contributed by atoms with Crippen molar-refractivity contribution in [2.45, 2.75) is 19.9 Å². The van der Waals surface area contributed by atoms with E-state index in [1.54, 1.807) is 0 Å². The summed E-state index contributed by atoms with van der Waals surface area (Å²) >= 11 is 2.03. The third-order valence-corrected chi connectivity index (χ3v) is 5.58. The molecule has 2 heterocycles. The molecule has 2 aliphatic rings. The lowest BCUT2D eigenvalue weighted by Gasteiger charge is -2.27. The van der Waals surface area contributed by atoms with E-state index in [9.17, 15) is 4.79 Å². The van der Waals surface area contributed by atoms with Gasteiger partial charge >= 0.3 is 0 Å². The van der Waals surface area contributed by atoms with Crippen LogP contribution in [-0.4, -0.2) is 48.5 Å². The molecule has 136 valence electrons. The smallest absolute Gasteiger partial charge is 0.228 e. The maximum atomic E-state index is 12.3. The molecule has 24 heavy (non-hydrogen) atoms. The highest BCUT2D eigenvalue weighted by molar-refractivity contribution is 7.99. The fraction of sp³-hybridized carbons (Fsp3) is 0.588. The Morgan fingerprint density at radius 3 is 2.75 bits per heavy atom. The molecule has 7 heteroatoms. The maximum absolute atomic E-state index is 12.3. The highest BCUT2D eigenvalue weighted by Gasteiger charge is 2.23. The van der Waals surface area contributed by atoms with Gasteiger partial charge in [-0.1, -0.05) is 12.1 Å². The minimum absolute atomic E-state index is 0. The van der Waals surface area contributed by atoms with Crippen molar-refractivity contribution in [2.75, 3.05) is 43.0 Å². The second-order valence-electron chi connectivity index (χ2n) is 6.16. The molecule has 0 aliphatic carbocycles. The molecular weight excluding hydrogens is 365 g/mol. The quantitative estimate of drug-likeness (QED) is 0.827. The van der Waals surface area contributed by atoms with Gasteiger partial charge in [-0.15, -0.1) is 24.8 Å². The average molecular weight is 392 g/mol. The van der Waals surface area contributed by atoms with Gasteiger partial charge in [0, 0.05) is 43.4 Å². The largest absolute Gasteiger partial charge is 0.326 e. The number of halogens is 2. The number of carbonyl (C=O) groups excluding carboxylic acids is 1. The maximum Gasteiger partial charge on any atom is 0.228 e. The van der Waals surface area contributed by atoms with Crippen molar-refractivity contribution in [1.82, 2.24) is 10.2 Å². The molecule has 3 rings (SSSR count). The van der Waals surface area contributed by atoms with Crippen molar-refractivity contribution in [2.24, 2.45) is 5.92 Å². The molecule has 1 atom stereocenters. The summed E-state index contributed by atoms with van der Waals surface area (Å²) in [6.07, 6.45) is 0.940. The fourth-order valence-corrected chi connectivity index (χ4v) is 4.08. The monoisotopic (exact) mass is 391 g/mol. The number of hydrogen-bond donors (Lipinski definition) is 2. The second-order valence-corrected chi connectivity index (χ2v) is 7.38. The van der Waals surface area contributed by atoms with E-state index < -0.39 is 0 Å². The average Bonchev–Trinajstić information content (AvgIpc) is 3.07. The fourth-order valence-electron chi connectivity index (χ4n) is 3.10. The van der Waals surface area contributed by atoms with Gasteiger partial charge in [0.25, 0.3) is 0 Å². The predicted molar refractivity (Wildman–Crippen MR) is 108 cm³/mol. The molecule has 1 unspecified atom stereocenters. The van der Waals surface area contributed by atoms with Gasteiger partial charge in [-0.2, -0.15) is 11.8 Å². The van der Waals surface area contributed by atoms with E-state index >= 15 is 0 Å². The van der Waals surface area contributed by atoms with Crippen molar-refractivity contribution >= 4 is 48.2 Å². The Balaban J connectivity index is 0.00000144. The number of nitrogens with one attached hydrogen (secondary N) is 2. The molecule has 2 aliphatic heterocycles. The first-order valence-corrected chi connectivity index (χ1v) is 9.29. The van der Waals surface area contributed by atoms with Gasteiger partial charge in [0.05, 0.1) is 5.92 Å². The van der Waals surface area contributed by atoms with Crippen molar-refractivity contribution in [3.05, 3.63) is 29.3 Å². The Morgan fingerprint density at radius 1 is 1.33 bits per heavy atom. The van der Waals surface area contributed by atoms with Crippen LogP contribution in [-0.2, 0) is 11.3 Å². The Morgan fingerprint density at radius 2 is 2.08 bits per heavy atom. The number of nitrogens with zero attached hydrogens (tertiary/aromatic N) is 1. The number of carbonyl (C=O) groups is 1. The van der Waals surface area contributed by atoms with Crippen molar-refractivity contribution in [1.29, 1.82) is 0 Å². The zero-order valence-corrected chi connectivity index (χ0v) is 16.5. The van der Waals surface area contributed by atoms with E-state index in [4.69, 9.17) is 0 Å². The third-order valence-electron chi connectivity index (χ3n) is 4.63. The molecule has 2 fully saturated rings. The number of amides is 1. The summed E-state index contributed by atoms with van der Waals surface area (Å²) in [5.74, 6) is 2.72. The van der Waals surface area contributed by atoms with E-state index in [0.29, 0.717) is 0 Å². The van der Waals surface area contributed by atoms with Crippen LogP contribution in [0.2, 0.25) is 0 Å². The molecule has 2 N–H and O–H groups in total. The molecule has 0 bridgehead atoms. The summed E-state index contributed by atoms with van der Waals surface area (Å²) in [7, 11) is 0. The summed E-state index contributed by atoms with van der Waals surface area (Å²) in [5.41, 5.74) is 3.51. The molecule has 0 saturated carbocycles. The molecule has 1 aromatic rings. The predicted octanol–water partition coefficient (Wildman–Crippen LogP) is 2.94. The minimum Gasteiger partial charge on any atom is -0.326 e. The molecule has 4 nitrogen and oxygen atoms in total. The summed E-state index contributed by atoms with van der Waals surface area (Å²) in [5, 5.41) is 6.38. The second kappa shape index (κ2) is 10.5. The molecular formula is C17H27Cl2N3OS. The van der Waals surface area contributed by atoms with E-state index in [2.05, 4.69) is 34.6 Å². The lowest BCUT2D eigenvalue weighted by atomic mass is 10.0. The van der Waals surface area contributed by atoms with Crippen molar-refractivity contribution < 1.29 is 4.79 Å². The molecule has 2 saturated heterocycles. The Hall–Kier alpha value is -0.460. The minimum atomic E-state index is 0. The first-order valence-electron chi connectivity index (χ1n) is 8.14. The number of thioether (sulfide) groups is 1. The summed E-state index contributed by atoms with van der Waals surface area (Å²) in [6.45, 7) is 7.18. The molecule has 1 aromatic carbocycles. The van der Waals surface area contributed by atoms with Crippen LogP contribution in [0.25, 0.3) is 0 Å². The summed E-state index contributed by atoms with van der Waals surface area (Å²) in [6, 6.07) is 6.26. The molecule has 0 spiro atoms. The van der Waals surface area contributed by atoms with E-state index in [0.717, 1.165) is 44.8 Å². The lowest BCUT2D eigenvalue weighted by molar-refractivity contribution is -0.119. The van der Waals surface area contributed by atoms with Crippen LogP contribution in [0.3, 0.4) is 0 Å². The van der Waals surface area contributed by atoms with Crippen LogP contribution >= 0.6 is 36.6 Å². The van der Waals surface area contributed by atoms with Crippen molar-refractivity contribution in [3.63, 3.8) is 0 Å². The number of anilines is 1. The highest BCUT2D eigenvalue weighted by Crippen LogP contribution is 2.23. The zero-order chi connectivity index (χ0) is 15.4. The zero-order valence-electron chi connectivity index (χ0n) is 14.0. The van der Waals surface area contributed by atoms with Gasteiger partial charge in [0.1, 0.15) is 0 Å². The van der Waals surface area contributed by atoms with Crippen molar-refractivity contribution in [3.8, 4) is 0 Å². The van der Waals surface area contributed by atoms with Crippen LogP contribution in [0.4, 0.5) is 5.69 Å².